The maximum absolute atomic E-state index is 12.4. The van der Waals surface area contributed by atoms with Crippen LogP contribution in [-0.2, 0) is 0 Å². The highest BCUT2D eigenvalue weighted by molar-refractivity contribution is 7.80. The van der Waals surface area contributed by atoms with Crippen LogP contribution in [0, 0.1) is 0 Å². The SMILES string of the molecule is CC(C)NC(=S)NC1(C(F)(F)F)CC1. The standard InChI is InChI=1S/C8H13F3N2S/c1-5(2)12-6(14)13-7(3-4-7)8(9,10)11/h5H,3-4H2,1-2H3,(H2,12,13,14). The van der Waals surface area contributed by atoms with Crippen LogP contribution >= 0.6 is 12.2 Å². The van der Waals surface area contributed by atoms with E-state index < -0.39 is 11.7 Å². The third-order valence-corrected chi connectivity index (χ3v) is 2.29. The Bertz CT molecular complexity index is 233. The second kappa shape index (κ2) is 3.56. The molecule has 6 heteroatoms. The van der Waals surface area contributed by atoms with Crippen LogP contribution in [-0.4, -0.2) is 22.9 Å². The summed E-state index contributed by atoms with van der Waals surface area (Å²) in [6.45, 7) is 3.64. The van der Waals surface area contributed by atoms with Gasteiger partial charge in [0.15, 0.2) is 5.11 Å². The number of hydrogen-bond acceptors (Lipinski definition) is 1. The van der Waals surface area contributed by atoms with Crippen molar-refractivity contribution in [2.75, 3.05) is 0 Å². The van der Waals surface area contributed by atoms with Crippen LogP contribution in [0.15, 0.2) is 0 Å². The molecule has 1 fully saturated rings. The van der Waals surface area contributed by atoms with E-state index in [2.05, 4.69) is 10.6 Å². The molecule has 0 atom stereocenters. The smallest absolute Gasteiger partial charge is 0.361 e. The third-order valence-electron chi connectivity index (χ3n) is 2.07. The summed E-state index contributed by atoms with van der Waals surface area (Å²) in [5.41, 5.74) is -1.76. The minimum absolute atomic E-state index is 0.0408. The highest BCUT2D eigenvalue weighted by Gasteiger charge is 2.63. The van der Waals surface area contributed by atoms with Gasteiger partial charge in [-0.05, 0) is 38.9 Å². The summed E-state index contributed by atoms with van der Waals surface area (Å²) in [5, 5.41) is 5.14. The molecule has 0 saturated heterocycles. The molecule has 82 valence electrons. The number of nitrogens with one attached hydrogen (secondary N) is 2. The van der Waals surface area contributed by atoms with Gasteiger partial charge in [-0.25, -0.2) is 0 Å². The van der Waals surface area contributed by atoms with E-state index in [-0.39, 0.29) is 24.0 Å². The summed E-state index contributed by atoms with van der Waals surface area (Å²) in [6, 6.07) is 0.0408. The topological polar surface area (TPSA) is 24.1 Å². The number of hydrogen-bond donors (Lipinski definition) is 2. The van der Waals surface area contributed by atoms with Gasteiger partial charge in [0.05, 0.1) is 0 Å². The molecule has 2 nitrogen and oxygen atoms in total. The van der Waals surface area contributed by atoms with E-state index in [4.69, 9.17) is 12.2 Å². The zero-order valence-electron chi connectivity index (χ0n) is 8.03. The second-order valence-corrected chi connectivity index (χ2v) is 4.24. The molecule has 0 unspecified atom stereocenters. The van der Waals surface area contributed by atoms with Crippen molar-refractivity contribution >= 4 is 17.3 Å². The Labute approximate surface area is 86.2 Å². The summed E-state index contributed by atoms with van der Waals surface area (Å²) in [6.07, 6.45) is -4.00. The average molecular weight is 226 g/mol. The van der Waals surface area contributed by atoms with Gasteiger partial charge in [-0.1, -0.05) is 0 Å². The zero-order valence-corrected chi connectivity index (χ0v) is 8.85. The monoisotopic (exact) mass is 226 g/mol. The molecule has 0 bridgehead atoms. The van der Waals surface area contributed by atoms with Crippen LogP contribution in [0.1, 0.15) is 26.7 Å². The second-order valence-electron chi connectivity index (χ2n) is 3.83. The average Bonchev–Trinajstić information content (AvgIpc) is 2.64. The Balaban J connectivity index is 2.49. The Morgan fingerprint density at radius 2 is 1.86 bits per heavy atom. The molecule has 2 N–H and O–H groups in total. The van der Waals surface area contributed by atoms with Gasteiger partial charge in [-0.2, -0.15) is 13.2 Å². The van der Waals surface area contributed by atoms with E-state index in [9.17, 15) is 13.2 Å². The Morgan fingerprint density at radius 1 is 1.36 bits per heavy atom. The van der Waals surface area contributed by atoms with Crippen LogP contribution in [0.2, 0.25) is 0 Å². The number of thiocarbonyl (C=S) groups is 1. The Morgan fingerprint density at radius 3 is 2.14 bits per heavy atom. The third kappa shape index (κ3) is 2.50. The molecular weight excluding hydrogens is 213 g/mol. The van der Waals surface area contributed by atoms with Crippen molar-refractivity contribution in [2.45, 2.75) is 44.4 Å². The van der Waals surface area contributed by atoms with E-state index in [1.807, 2.05) is 13.8 Å². The van der Waals surface area contributed by atoms with Gasteiger partial charge >= 0.3 is 6.18 Å². The fourth-order valence-corrected chi connectivity index (χ4v) is 1.55. The summed E-state index contributed by atoms with van der Waals surface area (Å²) in [4.78, 5) is 0. The minimum atomic E-state index is -4.21. The van der Waals surface area contributed by atoms with Gasteiger partial charge in [-0.3, -0.25) is 0 Å². The molecule has 0 aromatic heterocycles. The van der Waals surface area contributed by atoms with Crippen LogP contribution in [0.25, 0.3) is 0 Å². The molecule has 1 saturated carbocycles. The molecule has 1 aliphatic carbocycles. The van der Waals surface area contributed by atoms with E-state index in [1.54, 1.807) is 0 Å². The van der Waals surface area contributed by atoms with Crippen LogP contribution in [0.3, 0.4) is 0 Å². The van der Waals surface area contributed by atoms with E-state index >= 15 is 0 Å². The van der Waals surface area contributed by atoms with Gasteiger partial charge in [0, 0.05) is 6.04 Å². The fourth-order valence-electron chi connectivity index (χ4n) is 1.12. The first-order valence-electron chi connectivity index (χ1n) is 4.42. The summed E-state index contributed by atoms with van der Waals surface area (Å²) < 4.78 is 37.3. The lowest BCUT2D eigenvalue weighted by atomic mass is 10.2. The van der Waals surface area contributed by atoms with Crippen LogP contribution < -0.4 is 10.6 Å². The quantitative estimate of drug-likeness (QED) is 0.704. The van der Waals surface area contributed by atoms with Crippen LogP contribution in [0.5, 0.6) is 0 Å². The maximum Gasteiger partial charge on any atom is 0.411 e. The van der Waals surface area contributed by atoms with Crippen molar-refractivity contribution in [1.29, 1.82) is 0 Å². The van der Waals surface area contributed by atoms with Gasteiger partial charge in [-0.15, -0.1) is 0 Å². The van der Waals surface area contributed by atoms with Gasteiger partial charge in [0.25, 0.3) is 0 Å². The molecule has 0 aliphatic heterocycles. The van der Waals surface area contributed by atoms with Gasteiger partial charge in [0.1, 0.15) is 5.54 Å². The number of rotatable bonds is 2. The highest BCUT2D eigenvalue weighted by atomic mass is 32.1. The molecular formula is C8H13F3N2S. The molecule has 0 spiro atoms. The Kier molecular flexibility index (Phi) is 2.94. The lowest BCUT2D eigenvalue weighted by Crippen LogP contribution is -2.52. The predicted octanol–water partition coefficient (Wildman–Crippen LogP) is 1.95. The highest BCUT2D eigenvalue weighted by Crippen LogP contribution is 2.48. The van der Waals surface area contributed by atoms with E-state index in [0.717, 1.165) is 0 Å². The summed E-state index contributed by atoms with van der Waals surface area (Å²) >= 11 is 4.77. The molecule has 0 radical (unpaired) electrons. The van der Waals surface area contributed by atoms with Gasteiger partial charge < -0.3 is 10.6 Å². The summed E-state index contributed by atoms with van der Waals surface area (Å²) in [5.74, 6) is 0. The van der Waals surface area contributed by atoms with Gasteiger partial charge in [0.2, 0.25) is 0 Å². The first kappa shape index (κ1) is 11.6. The maximum atomic E-state index is 12.4. The molecule has 14 heavy (non-hydrogen) atoms. The molecule has 0 aromatic carbocycles. The van der Waals surface area contributed by atoms with Crippen molar-refractivity contribution in [3.8, 4) is 0 Å². The lowest BCUT2D eigenvalue weighted by molar-refractivity contribution is -0.161. The summed E-state index contributed by atoms with van der Waals surface area (Å²) in [7, 11) is 0. The number of halogens is 3. The molecule has 0 amide bonds. The van der Waals surface area contributed by atoms with Crippen molar-refractivity contribution in [1.82, 2.24) is 10.6 Å². The molecule has 0 heterocycles. The zero-order chi connectivity index (χ0) is 11.0. The van der Waals surface area contributed by atoms with Crippen molar-refractivity contribution < 1.29 is 13.2 Å². The first-order chi connectivity index (χ1) is 6.27. The minimum Gasteiger partial charge on any atom is -0.361 e. The van der Waals surface area contributed by atoms with E-state index in [1.165, 1.54) is 0 Å². The predicted molar refractivity (Wildman–Crippen MR) is 52.0 cm³/mol. The number of alkyl halides is 3. The largest absolute Gasteiger partial charge is 0.411 e. The molecule has 0 aromatic rings. The Hall–Kier alpha value is -0.520. The van der Waals surface area contributed by atoms with Crippen molar-refractivity contribution in [2.24, 2.45) is 0 Å². The molecule has 1 aliphatic rings. The normalized spacial score (nSPS) is 19.3. The van der Waals surface area contributed by atoms with Crippen molar-refractivity contribution in [3.05, 3.63) is 0 Å². The first-order valence-corrected chi connectivity index (χ1v) is 4.83. The van der Waals surface area contributed by atoms with Crippen molar-refractivity contribution in [3.63, 3.8) is 0 Å². The van der Waals surface area contributed by atoms with E-state index in [0.29, 0.717) is 0 Å². The fraction of sp³-hybridized carbons (Fsp3) is 0.875. The molecule has 1 rings (SSSR count). The lowest BCUT2D eigenvalue weighted by Gasteiger charge is -2.23. The van der Waals surface area contributed by atoms with Crippen LogP contribution in [0.4, 0.5) is 13.2 Å².